The fraction of sp³-hybridized carbons (Fsp3) is 0.720. The van der Waals surface area contributed by atoms with Crippen LogP contribution in [0.2, 0.25) is 0 Å². The maximum atomic E-state index is 13.2. The van der Waals surface area contributed by atoms with Crippen molar-refractivity contribution >= 4 is 51.2 Å². The minimum absolute atomic E-state index is 0.0408. The SMILES string of the molecule is C/C=C1\NC(=O)[C@@H](CSSCCC(C)C)NC(=O)[C@@H](C(C)C)NC(=O)CCOC(=O)[C@H](C(C)C)NC1=O. The summed E-state index contributed by atoms with van der Waals surface area (Å²) in [5.41, 5.74) is -0.0408. The van der Waals surface area contributed by atoms with Crippen molar-refractivity contribution in [3.05, 3.63) is 11.8 Å². The van der Waals surface area contributed by atoms with Crippen molar-refractivity contribution in [2.24, 2.45) is 17.8 Å². The third-order valence-corrected chi connectivity index (χ3v) is 8.01. The summed E-state index contributed by atoms with van der Waals surface area (Å²) in [5, 5.41) is 10.6. The van der Waals surface area contributed by atoms with Gasteiger partial charge in [0.15, 0.2) is 0 Å². The Hall–Kier alpha value is -2.21. The van der Waals surface area contributed by atoms with Crippen LogP contribution in [-0.4, -0.2) is 65.8 Å². The van der Waals surface area contributed by atoms with E-state index in [0.29, 0.717) is 5.92 Å². The molecule has 0 spiro atoms. The van der Waals surface area contributed by atoms with Crippen LogP contribution in [0.3, 0.4) is 0 Å². The van der Waals surface area contributed by atoms with Crippen LogP contribution in [0.5, 0.6) is 0 Å². The maximum absolute atomic E-state index is 13.2. The first-order valence-corrected chi connectivity index (χ1v) is 15.1. The van der Waals surface area contributed by atoms with E-state index in [1.165, 1.54) is 16.9 Å². The Balaban J connectivity index is 3.22. The molecule has 0 radical (unpaired) electrons. The van der Waals surface area contributed by atoms with Crippen LogP contribution in [0.15, 0.2) is 11.8 Å². The van der Waals surface area contributed by atoms with Gasteiger partial charge in [0.05, 0.1) is 6.42 Å². The summed E-state index contributed by atoms with van der Waals surface area (Å²) in [4.78, 5) is 64.3. The van der Waals surface area contributed by atoms with Gasteiger partial charge < -0.3 is 26.0 Å². The number of cyclic esters (lactones) is 1. The molecule has 1 heterocycles. The number of carbonyl (C=O) groups excluding carboxylic acids is 5. The van der Waals surface area contributed by atoms with E-state index in [1.54, 1.807) is 45.4 Å². The predicted octanol–water partition coefficient (Wildman–Crippen LogP) is 2.15. The molecule has 12 heteroatoms. The second-order valence-corrected chi connectivity index (χ2v) is 12.6. The van der Waals surface area contributed by atoms with Gasteiger partial charge in [-0.2, -0.15) is 0 Å². The number of hydrogen-bond donors (Lipinski definition) is 4. The Morgan fingerprint density at radius 1 is 0.892 bits per heavy atom. The molecule has 4 N–H and O–H groups in total. The highest BCUT2D eigenvalue weighted by atomic mass is 33.1. The molecule has 1 saturated heterocycles. The minimum Gasteiger partial charge on any atom is -0.464 e. The van der Waals surface area contributed by atoms with Gasteiger partial charge in [-0.3, -0.25) is 19.2 Å². The Morgan fingerprint density at radius 3 is 2.11 bits per heavy atom. The summed E-state index contributed by atoms with van der Waals surface area (Å²) >= 11 is 0. The molecule has 37 heavy (non-hydrogen) atoms. The van der Waals surface area contributed by atoms with Gasteiger partial charge in [-0.25, -0.2) is 4.79 Å². The lowest BCUT2D eigenvalue weighted by Crippen LogP contribution is -2.57. The first-order chi connectivity index (χ1) is 17.4. The topological polar surface area (TPSA) is 143 Å². The number of nitrogens with one attached hydrogen (secondary N) is 4. The molecule has 0 unspecified atom stereocenters. The molecule has 0 bridgehead atoms. The highest BCUT2D eigenvalue weighted by Crippen LogP contribution is 2.24. The average molecular weight is 559 g/mol. The molecule has 0 saturated carbocycles. The minimum atomic E-state index is -0.970. The summed E-state index contributed by atoms with van der Waals surface area (Å²) in [6.07, 6.45) is 2.30. The fourth-order valence-corrected chi connectivity index (χ4v) is 5.71. The van der Waals surface area contributed by atoms with E-state index in [2.05, 4.69) is 35.1 Å². The van der Waals surface area contributed by atoms with E-state index >= 15 is 0 Å². The monoisotopic (exact) mass is 558 g/mol. The van der Waals surface area contributed by atoms with Crippen molar-refractivity contribution in [2.75, 3.05) is 18.1 Å². The van der Waals surface area contributed by atoms with Gasteiger partial charge in [-0.1, -0.05) is 69.2 Å². The number of carbonyl (C=O) groups is 5. The van der Waals surface area contributed by atoms with Gasteiger partial charge in [0.2, 0.25) is 17.7 Å². The Bertz CT molecular complexity index is 847. The van der Waals surface area contributed by atoms with E-state index in [1.807, 2.05) is 0 Å². The zero-order valence-electron chi connectivity index (χ0n) is 22.8. The highest BCUT2D eigenvalue weighted by molar-refractivity contribution is 8.76. The maximum Gasteiger partial charge on any atom is 0.328 e. The van der Waals surface area contributed by atoms with Gasteiger partial charge in [0, 0.05) is 11.5 Å². The van der Waals surface area contributed by atoms with Gasteiger partial charge in [0.1, 0.15) is 30.4 Å². The largest absolute Gasteiger partial charge is 0.464 e. The second kappa shape index (κ2) is 16.6. The number of rotatable bonds is 8. The normalized spacial score (nSPS) is 24.1. The molecule has 0 aromatic heterocycles. The molecule has 1 fully saturated rings. The van der Waals surface area contributed by atoms with Crippen LogP contribution in [0.25, 0.3) is 0 Å². The third kappa shape index (κ3) is 11.8. The second-order valence-electron chi connectivity index (χ2n) is 9.94. The van der Waals surface area contributed by atoms with E-state index < -0.39 is 47.7 Å². The van der Waals surface area contributed by atoms with Crippen LogP contribution in [0, 0.1) is 17.8 Å². The lowest BCUT2D eigenvalue weighted by molar-refractivity contribution is -0.149. The van der Waals surface area contributed by atoms with Crippen LogP contribution < -0.4 is 21.3 Å². The lowest BCUT2D eigenvalue weighted by Gasteiger charge is -2.26. The molecule has 1 rings (SSSR count). The molecule has 4 amide bonds. The molecule has 1 aliphatic rings. The van der Waals surface area contributed by atoms with Crippen molar-refractivity contribution in [3.63, 3.8) is 0 Å². The van der Waals surface area contributed by atoms with Crippen molar-refractivity contribution in [1.29, 1.82) is 0 Å². The molecular formula is C25H42N4O6S2. The number of ether oxygens (including phenoxy) is 1. The van der Waals surface area contributed by atoms with Crippen LogP contribution in [-0.2, 0) is 28.7 Å². The van der Waals surface area contributed by atoms with Crippen molar-refractivity contribution in [2.45, 2.75) is 79.4 Å². The van der Waals surface area contributed by atoms with Gasteiger partial charge >= 0.3 is 5.97 Å². The summed E-state index contributed by atoms with van der Waals surface area (Å²) in [7, 11) is 3.06. The third-order valence-electron chi connectivity index (χ3n) is 5.57. The lowest BCUT2D eigenvalue weighted by atomic mass is 10.0. The molecule has 1 aliphatic heterocycles. The first kappa shape index (κ1) is 32.8. The van der Waals surface area contributed by atoms with Gasteiger partial charge in [-0.05, 0) is 31.1 Å². The molecule has 10 nitrogen and oxygen atoms in total. The summed E-state index contributed by atoms with van der Waals surface area (Å²) in [6, 6.07) is -2.82. The molecule has 0 aromatic rings. The number of esters is 1. The van der Waals surface area contributed by atoms with Crippen LogP contribution >= 0.6 is 21.6 Å². The summed E-state index contributed by atoms with van der Waals surface area (Å²) in [6.45, 7) is 12.7. The fourth-order valence-electron chi connectivity index (χ4n) is 3.21. The Labute approximate surface area is 228 Å². The van der Waals surface area contributed by atoms with Crippen LogP contribution in [0.4, 0.5) is 0 Å². The molecule has 0 aliphatic carbocycles. The number of amides is 4. The summed E-state index contributed by atoms with van der Waals surface area (Å²) in [5.74, 6) is -1.73. The molecule has 3 atom stereocenters. The smallest absolute Gasteiger partial charge is 0.328 e. The first-order valence-electron chi connectivity index (χ1n) is 12.7. The van der Waals surface area contributed by atoms with Gasteiger partial charge in [-0.15, -0.1) is 0 Å². The quantitative estimate of drug-likeness (QED) is 0.154. The van der Waals surface area contributed by atoms with Crippen LogP contribution in [0.1, 0.15) is 61.3 Å². The average Bonchev–Trinajstić information content (AvgIpc) is 2.81. The molecule has 210 valence electrons. The van der Waals surface area contributed by atoms with E-state index in [-0.39, 0.29) is 36.3 Å². The van der Waals surface area contributed by atoms with Gasteiger partial charge in [0.25, 0.3) is 5.91 Å². The van der Waals surface area contributed by atoms with Crippen molar-refractivity contribution in [1.82, 2.24) is 21.3 Å². The number of hydrogen-bond acceptors (Lipinski definition) is 8. The standard InChI is InChI=1S/C25H42N4O6S2/c1-8-17-22(31)29-21(16(6)7)25(34)35-11-9-19(30)28-20(15(4)5)24(33)27-18(23(32)26-17)13-37-36-12-10-14(2)3/h8,14-16,18,20-21H,9-13H2,1-7H3,(H,26,32)(H,27,33)(H,28,30)(H,29,31)/b17-8-/t18-,20-,21+/m1/s1. The van der Waals surface area contributed by atoms with Crippen molar-refractivity contribution < 1.29 is 28.7 Å². The predicted molar refractivity (Wildman–Crippen MR) is 147 cm³/mol. The zero-order valence-corrected chi connectivity index (χ0v) is 24.5. The zero-order chi connectivity index (χ0) is 28.1. The van der Waals surface area contributed by atoms with E-state index in [9.17, 15) is 24.0 Å². The van der Waals surface area contributed by atoms with Crippen molar-refractivity contribution in [3.8, 4) is 0 Å². The summed E-state index contributed by atoms with van der Waals surface area (Å²) < 4.78 is 5.22. The van der Waals surface area contributed by atoms with E-state index in [4.69, 9.17) is 4.74 Å². The molecule has 0 aromatic carbocycles. The van der Waals surface area contributed by atoms with E-state index in [0.717, 1.165) is 12.2 Å². The Kier molecular flexibility index (Phi) is 14.7. The highest BCUT2D eigenvalue weighted by Gasteiger charge is 2.32. The molecular weight excluding hydrogens is 516 g/mol. The number of allylic oxidation sites excluding steroid dienone is 1. The Morgan fingerprint density at radius 2 is 1.54 bits per heavy atom.